The number of piperidine rings is 1. The maximum absolute atomic E-state index is 14.4. The van der Waals surface area contributed by atoms with Gasteiger partial charge in [-0.25, -0.2) is 14.6 Å². The Morgan fingerprint density at radius 3 is 2.01 bits per heavy atom. The fourth-order valence-corrected chi connectivity index (χ4v) is 10.5. The van der Waals surface area contributed by atoms with E-state index in [4.69, 9.17) is 15.7 Å². The topological polar surface area (TPSA) is 231 Å². The number of aromatic nitrogens is 1. The molecule has 0 radical (unpaired) electrons. The molecule has 4 amide bonds. The van der Waals surface area contributed by atoms with Gasteiger partial charge < -0.3 is 35.5 Å². The average Bonchev–Trinajstić information content (AvgIpc) is 3.95. The molecular formula is C47H42F3N7O10S2. The summed E-state index contributed by atoms with van der Waals surface area (Å²) in [4.78, 5) is 106. The van der Waals surface area contributed by atoms with Gasteiger partial charge in [-0.2, -0.15) is 13.2 Å². The van der Waals surface area contributed by atoms with Gasteiger partial charge in [0.25, 0.3) is 11.8 Å². The average molecular weight is 986 g/mol. The van der Waals surface area contributed by atoms with Crippen molar-refractivity contribution < 1.29 is 61.4 Å². The predicted molar refractivity (Wildman–Crippen MR) is 243 cm³/mol. The lowest BCUT2D eigenvalue weighted by atomic mass is 9.80. The van der Waals surface area contributed by atoms with Gasteiger partial charge in [-0.1, -0.05) is 96.2 Å². The number of benzene rings is 3. The van der Waals surface area contributed by atoms with Crippen LogP contribution in [0.4, 0.5) is 18.3 Å². The number of carbonyl (C=O) groups is 7. The number of esters is 2. The number of thioether (sulfide) groups is 1. The van der Waals surface area contributed by atoms with Crippen LogP contribution in [0.25, 0.3) is 0 Å². The van der Waals surface area contributed by atoms with E-state index in [1.807, 2.05) is 91.0 Å². The van der Waals surface area contributed by atoms with Gasteiger partial charge in [-0.05, 0) is 30.9 Å². The number of fused-ring (bicyclic) bond motifs is 1. The van der Waals surface area contributed by atoms with Crippen molar-refractivity contribution in [2.24, 2.45) is 5.16 Å². The van der Waals surface area contributed by atoms with Crippen molar-refractivity contribution in [3.05, 3.63) is 142 Å². The molecule has 4 aromatic rings. The number of aliphatic carboxylic acids is 1. The predicted octanol–water partition coefficient (Wildman–Crippen LogP) is 4.74. The molecule has 17 nitrogen and oxygen atoms in total. The SMILES string of the molecule is Nc1nc(/C(=N/OC(c2ccccc2)(c2ccccc2)c2ccccc2)C(=O)N[C@@H]2C(=O)N3C(C(=O)OC(=O)C(F)(F)F)=C(/C=C4\CCN(C5CCN(C(=O)CCC(=O)O)CC5)C4=O)CS[C@H]23)cs1. The minimum absolute atomic E-state index is 0.00759. The van der Waals surface area contributed by atoms with E-state index in [-0.39, 0.29) is 65.5 Å². The lowest BCUT2D eigenvalue weighted by Crippen LogP contribution is -2.71. The number of nitrogens with one attached hydrogen (secondary N) is 1. The summed E-state index contributed by atoms with van der Waals surface area (Å²) in [5.41, 5.74) is 5.49. The molecule has 22 heteroatoms. The van der Waals surface area contributed by atoms with Crippen molar-refractivity contribution in [2.75, 3.05) is 31.1 Å². The highest BCUT2D eigenvalue weighted by Crippen LogP contribution is 2.43. The Balaban J connectivity index is 1.06. The fraction of sp³-hybridized carbons (Fsp3) is 0.298. The Morgan fingerprint density at radius 2 is 1.48 bits per heavy atom. The molecule has 4 aliphatic heterocycles. The van der Waals surface area contributed by atoms with Crippen LogP contribution in [-0.2, 0) is 48.7 Å². The van der Waals surface area contributed by atoms with Crippen LogP contribution in [0.2, 0.25) is 0 Å². The van der Waals surface area contributed by atoms with Gasteiger partial charge in [-0.3, -0.25) is 28.9 Å². The number of halogens is 3. The van der Waals surface area contributed by atoms with Crippen LogP contribution in [0.5, 0.6) is 0 Å². The molecule has 0 aliphatic carbocycles. The Hall–Kier alpha value is -7.33. The van der Waals surface area contributed by atoms with Crippen LogP contribution < -0.4 is 11.1 Å². The lowest BCUT2D eigenvalue weighted by molar-refractivity contribution is -0.201. The Labute approximate surface area is 399 Å². The van der Waals surface area contributed by atoms with Crippen LogP contribution in [0.15, 0.2) is 124 Å². The Kier molecular flexibility index (Phi) is 14.0. The molecule has 1 aromatic heterocycles. The summed E-state index contributed by atoms with van der Waals surface area (Å²) in [6.45, 7) is 0.832. The first-order valence-electron chi connectivity index (χ1n) is 21.5. The summed E-state index contributed by atoms with van der Waals surface area (Å²) in [6, 6.07) is 25.7. The van der Waals surface area contributed by atoms with Gasteiger partial charge >= 0.3 is 24.1 Å². The number of carbonyl (C=O) groups excluding carboxylic acids is 6. The Morgan fingerprint density at radius 1 is 0.884 bits per heavy atom. The number of allylic oxidation sites excluding steroid dienone is 1. The maximum atomic E-state index is 14.4. The number of nitrogens with zero attached hydrogens (tertiary/aromatic N) is 5. The third kappa shape index (κ3) is 9.98. The van der Waals surface area contributed by atoms with E-state index >= 15 is 0 Å². The highest BCUT2D eigenvalue weighted by molar-refractivity contribution is 8.00. The van der Waals surface area contributed by atoms with E-state index in [1.54, 1.807) is 9.80 Å². The van der Waals surface area contributed by atoms with Crippen molar-refractivity contribution in [3.8, 4) is 0 Å². The number of ether oxygens (including phenoxy) is 1. The molecule has 4 N–H and O–H groups in total. The standard InChI is InChI=1S/C47H42F3N7O10S2/c48-47(49,50)44(65)66-43(64)38-28(24-27-18-23-56(40(27)62)32-19-21-55(22-20-32)34(58)16-17-35(59)60)25-68-42-37(41(63)57(38)42)53-39(61)36(33-26-69-45(51)52-33)54-67-46(29-10-4-1-5-11-29,30-12-6-2-7-13-30)31-14-8-3-9-15-31/h1-15,24,26,32,37,42H,16-23,25H2,(H2,51,52)(H,53,61)(H,59,60)/b27-24+,54-36-/t37-,42-/m1/s1. The number of β-lactam (4-membered cyclic amide) rings is 1. The third-order valence-corrected chi connectivity index (χ3v) is 14.0. The minimum Gasteiger partial charge on any atom is -0.481 e. The molecule has 3 aromatic carbocycles. The zero-order valence-corrected chi connectivity index (χ0v) is 37.9. The second-order valence-corrected chi connectivity index (χ2v) is 18.2. The number of rotatable bonds is 14. The molecule has 3 fully saturated rings. The quantitative estimate of drug-likeness (QED) is 0.0295. The highest BCUT2D eigenvalue weighted by Gasteiger charge is 2.56. The second-order valence-electron chi connectivity index (χ2n) is 16.2. The number of alkyl halides is 3. The van der Waals surface area contributed by atoms with Gasteiger partial charge in [-0.15, -0.1) is 23.1 Å². The van der Waals surface area contributed by atoms with Crippen molar-refractivity contribution in [1.82, 2.24) is 25.0 Å². The first-order chi connectivity index (χ1) is 33.1. The van der Waals surface area contributed by atoms with E-state index in [0.717, 1.165) is 28.0 Å². The number of carboxylic acids is 1. The van der Waals surface area contributed by atoms with Crippen LogP contribution in [0.1, 0.15) is 54.5 Å². The molecule has 8 rings (SSSR count). The fourth-order valence-electron chi connectivity index (χ4n) is 8.66. The van der Waals surface area contributed by atoms with Crippen molar-refractivity contribution in [3.63, 3.8) is 0 Å². The minimum atomic E-state index is -5.57. The Bertz CT molecular complexity index is 2670. The van der Waals surface area contributed by atoms with Crippen LogP contribution in [0, 0.1) is 0 Å². The van der Waals surface area contributed by atoms with Crippen molar-refractivity contribution in [2.45, 2.75) is 61.3 Å². The molecule has 69 heavy (non-hydrogen) atoms. The second kappa shape index (κ2) is 20.1. The number of oxime groups is 1. The number of carboxylic acid groups (broad SMARTS) is 1. The highest BCUT2D eigenvalue weighted by atomic mass is 32.2. The largest absolute Gasteiger partial charge is 0.491 e. The van der Waals surface area contributed by atoms with Gasteiger partial charge in [0, 0.05) is 65.5 Å². The molecule has 4 aliphatic rings. The van der Waals surface area contributed by atoms with Crippen LogP contribution >= 0.6 is 23.1 Å². The summed E-state index contributed by atoms with van der Waals surface area (Å²) in [7, 11) is 0. The van der Waals surface area contributed by atoms with E-state index in [0.29, 0.717) is 42.6 Å². The molecule has 0 unspecified atom stereocenters. The molecule has 0 bridgehead atoms. The molecule has 2 atom stereocenters. The number of amides is 4. The molecule has 0 spiro atoms. The van der Waals surface area contributed by atoms with Gasteiger partial charge in [0.15, 0.2) is 10.8 Å². The number of nitrogens with two attached hydrogens (primary N) is 1. The van der Waals surface area contributed by atoms with Crippen molar-refractivity contribution in [1.29, 1.82) is 0 Å². The van der Waals surface area contributed by atoms with Gasteiger partial charge in [0.2, 0.25) is 17.4 Å². The van der Waals surface area contributed by atoms with E-state index in [9.17, 15) is 46.7 Å². The molecule has 3 saturated heterocycles. The lowest BCUT2D eigenvalue weighted by Gasteiger charge is -2.49. The van der Waals surface area contributed by atoms with Crippen molar-refractivity contribution >= 4 is 75.5 Å². The molecule has 5 heterocycles. The zero-order chi connectivity index (χ0) is 49.0. The maximum Gasteiger partial charge on any atom is 0.491 e. The normalized spacial score (nSPS) is 19.6. The van der Waals surface area contributed by atoms with E-state index in [1.165, 1.54) is 11.5 Å². The summed E-state index contributed by atoms with van der Waals surface area (Å²) in [5, 5.41) is 16.5. The van der Waals surface area contributed by atoms with Gasteiger partial charge in [0.05, 0.1) is 6.42 Å². The molecular weight excluding hydrogens is 944 g/mol. The summed E-state index contributed by atoms with van der Waals surface area (Å²) in [5.74, 6) is -8.52. The number of thiazole rings is 1. The number of likely N-dealkylation sites (tertiary alicyclic amines) is 2. The van der Waals surface area contributed by atoms with Crippen LogP contribution in [0.3, 0.4) is 0 Å². The number of nitrogen functional groups attached to an aromatic ring is 1. The van der Waals surface area contributed by atoms with Crippen LogP contribution in [-0.4, -0.2) is 121 Å². The number of hydrogen-bond acceptors (Lipinski definition) is 14. The number of anilines is 1. The summed E-state index contributed by atoms with van der Waals surface area (Å²) < 4.78 is 44.5. The molecule has 358 valence electrons. The third-order valence-electron chi connectivity index (χ3n) is 12.0. The summed E-state index contributed by atoms with van der Waals surface area (Å²) in [6.07, 6.45) is -3.74. The van der Waals surface area contributed by atoms with E-state index < -0.39 is 70.2 Å². The smallest absolute Gasteiger partial charge is 0.481 e. The number of hydrogen-bond donors (Lipinski definition) is 3. The zero-order valence-electron chi connectivity index (χ0n) is 36.3. The first kappa shape index (κ1) is 48.1. The first-order valence-corrected chi connectivity index (χ1v) is 23.5. The molecule has 0 saturated carbocycles. The van der Waals surface area contributed by atoms with E-state index in [2.05, 4.69) is 20.2 Å². The van der Waals surface area contributed by atoms with Gasteiger partial charge in [0.1, 0.15) is 22.8 Å². The summed E-state index contributed by atoms with van der Waals surface area (Å²) >= 11 is 2.04. The monoisotopic (exact) mass is 985 g/mol.